The van der Waals surface area contributed by atoms with Crippen LogP contribution in [0.5, 0.6) is 0 Å². The number of hydrogen-bond donors (Lipinski definition) is 3. The molecule has 0 aromatic heterocycles. The number of nitrogens with one attached hydrogen (secondary N) is 2. The van der Waals surface area contributed by atoms with Crippen LogP contribution < -0.4 is 10.6 Å². The Morgan fingerprint density at radius 3 is 2.94 bits per heavy atom. The Bertz CT molecular complexity index is 411. The molecule has 0 spiro atoms. The first kappa shape index (κ1) is 11.9. The minimum atomic E-state index is -0.317. The second kappa shape index (κ2) is 5.14. The van der Waals surface area contributed by atoms with Crippen molar-refractivity contribution >= 4 is 6.03 Å². The van der Waals surface area contributed by atoms with E-state index in [1.807, 2.05) is 0 Å². The van der Waals surface area contributed by atoms with Crippen molar-refractivity contribution in [2.45, 2.75) is 18.4 Å². The fourth-order valence-corrected chi connectivity index (χ4v) is 1.86. The lowest BCUT2D eigenvalue weighted by atomic mass is 10.1. The van der Waals surface area contributed by atoms with Crippen LogP contribution in [0.15, 0.2) is 24.3 Å². The third-order valence-corrected chi connectivity index (χ3v) is 2.81. The highest BCUT2D eigenvalue weighted by Crippen LogP contribution is 2.41. The summed E-state index contributed by atoms with van der Waals surface area (Å²) in [5.41, 5.74) is 0.653. The summed E-state index contributed by atoms with van der Waals surface area (Å²) in [6, 6.07) is 6.29. The molecular weight excluding hydrogens is 223 g/mol. The molecular formula is C12H15FN2O2. The molecule has 0 aliphatic heterocycles. The van der Waals surface area contributed by atoms with Gasteiger partial charge < -0.3 is 15.7 Å². The lowest BCUT2D eigenvalue weighted by molar-refractivity contribution is 0.233. The van der Waals surface area contributed by atoms with Gasteiger partial charge in [-0.05, 0) is 18.1 Å². The molecule has 0 heterocycles. The van der Waals surface area contributed by atoms with E-state index in [0.29, 0.717) is 5.56 Å². The van der Waals surface area contributed by atoms with E-state index in [1.165, 1.54) is 6.07 Å². The Balaban J connectivity index is 1.85. The van der Waals surface area contributed by atoms with Crippen molar-refractivity contribution in [3.05, 3.63) is 35.6 Å². The zero-order valence-electron chi connectivity index (χ0n) is 9.32. The van der Waals surface area contributed by atoms with E-state index >= 15 is 0 Å². The van der Waals surface area contributed by atoms with Crippen LogP contribution in [-0.4, -0.2) is 30.3 Å². The molecule has 0 radical (unpaired) electrons. The number of carbonyl (C=O) groups excluding carboxylic acids is 1. The van der Waals surface area contributed by atoms with Crippen LogP contribution in [0.1, 0.15) is 17.9 Å². The molecule has 1 fully saturated rings. The highest BCUT2D eigenvalue weighted by Gasteiger charge is 2.40. The molecule has 2 atom stereocenters. The van der Waals surface area contributed by atoms with E-state index in [9.17, 15) is 9.18 Å². The second-order valence-electron chi connectivity index (χ2n) is 4.09. The van der Waals surface area contributed by atoms with E-state index in [-0.39, 0.29) is 37.0 Å². The topological polar surface area (TPSA) is 61.4 Å². The lowest BCUT2D eigenvalue weighted by Gasteiger charge is -2.06. The maximum atomic E-state index is 13.4. The van der Waals surface area contributed by atoms with Crippen molar-refractivity contribution in [2.24, 2.45) is 0 Å². The van der Waals surface area contributed by atoms with Gasteiger partial charge in [-0.15, -0.1) is 0 Å². The number of carbonyl (C=O) groups is 1. The van der Waals surface area contributed by atoms with Crippen LogP contribution in [0.2, 0.25) is 0 Å². The van der Waals surface area contributed by atoms with E-state index < -0.39 is 0 Å². The van der Waals surface area contributed by atoms with Gasteiger partial charge in [0.15, 0.2) is 0 Å². The second-order valence-corrected chi connectivity index (χ2v) is 4.09. The zero-order valence-corrected chi connectivity index (χ0v) is 9.32. The molecule has 5 heteroatoms. The maximum Gasteiger partial charge on any atom is 0.315 e. The van der Waals surface area contributed by atoms with Crippen LogP contribution in [-0.2, 0) is 0 Å². The van der Waals surface area contributed by atoms with Gasteiger partial charge in [0.05, 0.1) is 6.61 Å². The van der Waals surface area contributed by atoms with Crippen LogP contribution >= 0.6 is 0 Å². The Labute approximate surface area is 98.8 Å². The Morgan fingerprint density at radius 2 is 2.24 bits per heavy atom. The first-order valence-corrected chi connectivity index (χ1v) is 5.62. The fourth-order valence-electron chi connectivity index (χ4n) is 1.86. The number of rotatable bonds is 4. The summed E-state index contributed by atoms with van der Waals surface area (Å²) in [6.07, 6.45) is 0.757. The van der Waals surface area contributed by atoms with Gasteiger partial charge in [0.25, 0.3) is 0 Å². The Hall–Kier alpha value is -1.62. The van der Waals surface area contributed by atoms with Crippen molar-refractivity contribution in [3.63, 3.8) is 0 Å². The van der Waals surface area contributed by atoms with Gasteiger partial charge in [-0.2, -0.15) is 0 Å². The largest absolute Gasteiger partial charge is 0.395 e. The molecule has 1 aromatic rings. The molecule has 0 saturated heterocycles. The smallest absolute Gasteiger partial charge is 0.315 e. The minimum absolute atomic E-state index is 0.00871. The average Bonchev–Trinajstić information content (AvgIpc) is 3.06. The Morgan fingerprint density at radius 1 is 1.47 bits per heavy atom. The van der Waals surface area contributed by atoms with E-state index in [0.717, 1.165) is 6.42 Å². The predicted octanol–water partition coefficient (Wildman–Crippen LogP) is 0.973. The summed E-state index contributed by atoms with van der Waals surface area (Å²) < 4.78 is 13.4. The van der Waals surface area contributed by atoms with Crippen molar-refractivity contribution in [2.75, 3.05) is 13.2 Å². The van der Waals surface area contributed by atoms with Gasteiger partial charge in [-0.1, -0.05) is 18.2 Å². The highest BCUT2D eigenvalue weighted by molar-refractivity contribution is 5.74. The molecule has 2 amide bonds. The molecule has 17 heavy (non-hydrogen) atoms. The summed E-state index contributed by atoms with van der Waals surface area (Å²) in [5, 5.41) is 13.8. The molecule has 1 saturated carbocycles. The summed E-state index contributed by atoms with van der Waals surface area (Å²) in [6.45, 7) is 0.137. The van der Waals surface area contributed by atoms with E-state index in [2.05, 4.69) is 10.6 Å². The normalized spacial score (nSPS) is 22.0. The number of benzene rings is 1. The number of hydrogen-bond acceptors (Lipinski definition) is 2. The highest BCUT2D eigenvalue weighted by atomic mass is 19.1. The monoisotopic (exact) mass is 238 g/mol. The number of halogens is 1. The van der Waals surface area contributed by atoms with Crippen molar-refractivity contribution in [1.82, 2.24) is 10.6 Å². The summed E-state index contributed by atoms with van der Waals surface area (Å²) in [4.78, 5) is 11.3. The van der Waals surface area contributed by atoms with Crippen molar-refractivity contribution in [1.29, 1.82) is 0 Å². The summed E-state index contributed by atoms with van der Waals surface area (Å²) >= 11 is 0. The molecule has 4 nitrogen and oxygen atoms in total. The van der Waals surface area contributed by atoms with E-state index in [1.54, 1.807) is 18.2 Å². The fraction of sp³-hybridized carbons (Fsp3) is 0.417. The SMILES string of the molecule is O=C(NCCO)NC1CC1c1ccccc1F. The molecule has 2 rings (SSSR count). The quantitative estimate of drug-likeness (QED) is 0.732. The van der Waals surface area contributed by atoms with Gasteiger partial charge in [0, 0.05) is 18.5 Å². The number of aliphatic hydroxyl groups is 1. The lowest BCUT2D eigenvalue weighted by Crippen LogP contribution is -2.38. The number of aliphatic hydroxyl groups excluding tert-OH is 1. The first-order chi connectivity index (χ1) is 8.22. The third-order valence-electron chi connectivity index (χ3n) is 2.81. The molecule has 1 aliphatic carbocycles. The van der Waals surface area contributed by atoms with Gasteiger partial charge in [0.2, 0.25) is 0 Å². The van der Waals surface area contributed by atoms with Crippen molar-refractivity contribution < 1.29 is 14.3 Å². The molecule has 2 unspecified atom stereocenters. The summed E-state index contributed by atoms with van der Waals surface area (Å²) in [5.74, 6) is -0.159. The minimum Gasteiger partial charge on any atom is -0.395 e. The predicted molar refractivity (Wildman–Crippen MR) is 61.2 cm³/mol. The van der Waals surface area contributed by atoms with Gasteiger partial charge in [0.1, 0.15) is 5.82 Å². The van der Waals surface area contributed by atoms with Crippen molar-refractivity contribution in [3.8, 4) is 0 Å². The Kier molecular flexibility index (Phi) is 3.58. The maximum absolute atomic E-state index is 13.4. The standard InChI is InChI=1S/C12H15FN2O2/c13-10-4-2-1-3-8(10)9-7-11(9)15-12(17)14-5-6-16/h1-4,9,11,16H,5-7H2,(H2,14,15,17). The average molecular weight is 238 g/mol. The van der Waals surface area contributed by atoms with E-state index in [4.69, 9.17) is 5.11 Å². The van der Waals surface area contributed by atoms with Crippen LogP contribution in [0.3, 0.4) is 0 Å². The van der Waals surface area contributed by atoms with Gasteiger partial charge in [-0.25, -0.2) is 9.18 Å². The summed E-state index contributed by atoms with van der Waals surface area (Å²) in [7, 11) is 0. The molecule has 92 valence electrons. The zero-order chi connectivity index (χ0) is 12.3. The number of amides is 2. The number of urea groups is 1. The molecule has 0 bridgehead atoms. The van der Waals surface area contributed by atoms with Crippen LogP contribution in [0.25, 0.3) is 0 Å². The molecule has 1 aromatic carbocycles. The molecule has 3 N–H and O–H groups in total. The van der Waals surface area contributed by atoms with Crippen LogP contribution in [0, 0.1) is 5.82 Å². The molecule has 1 aliphatic rings. The third kappa shape index (κ3) is 2.94. The first-order valence-electron chi connectivity index (χ1n) is 5.62. The van der Waals surface area contributed by atoms with Gasteiger partial charge in [-0.3, -0.25) is 0 Å². The van der Waals surface area contributed by atoms with Gasteiger partial charge >= 0.3 is 6.03 Å². The van der Waals surface area contributed by atoms with Crippen LogP contribution in [0.4, 0.5) is 9.18 Å².